The van der Waals surface area contributed by atoms with Crippen LogP contribution in [0.2, 0.25) is 0 Å². The molecule has 17 heavy (non-hydrogen) atoms. The van der Waals surface area contributed by atoms with Crippen molar-refractivity contribution < 1.29 is 19.4 Å². The number of carboxylic acids is 1. The zero-order valence-electron chi connectivity index (χ0n) is 9.79. The molecule has 0 fully saturated rings. The number of benzene rings is 1. The molecule has 0 bridgehead atoms. The number of anilines is 1. The van der Waals surface area contributed by atoms with Gasteiger partial charge in [0.1, 0.15) is 11.8 Å². The van der Waals surface area contributed by atoms with Crippen molar-refractivity contribution in [1.82, 2.24) is 0 Å². The quantitative estimate of drug-likeness (QED) is 0.762. The second kappa shape index (κ2) is 5.89. The smallest absolute Gasteiger partial charge is 0.326 e. The Balaban J connectivity index is 2.89. The normalized spacial score (nSPS) is 11.6. The first-order chi connectivity index (χ1) is 8.10. The molecule has 5 nitrogen and oxygen atoms in total. The molecule has 0 aliphatic carbocycles. The van der Waals surface area contributed by atoms with Gasteiger partial charge in [0, 0.05) is 5.69 Å². The summed E-state index contributed by atoms with van der Waals surface area (Å²) in [5.41, 5.74) is 0.526. The van der Waals surface area contributed by atoms with Crippen LogP contribution in [0.25, 0.3) is 0 Å². The van der Waals surface area contributed by atoms with Crippen molar-refractivity contribution in [2.24, 2.45) is 0 Å². The van der Waals surface area contributed by atoms with E-state index in [1.165, 1.54) is 6.92 Å². The Morgan fingerprint density at radius 1 is 1.47 bits per heavy atom. The van der Waals surface area contributed by atoms with Gasteiger partial charge < -0.3 is 14.7 Å². The zero-order valence-corrected chi connectivity index (χ0v) is 9.79. The first-order valence-corrected chi connectivity index (χ1v) is 5.29. The van der Waals surface area contributed by atoms with Crippen LogP contribution in [-0.2, 0) is 9.59 Å². The lowest BCUT2D eigenvalue weighted by Gasteiger charge is -2.21. The molecule has 0 aliphatic rings. The van der Waals surface area contributed by atoms with E-state index in [1.807, 2.05) is 6.92 Å². The predicted octanol–water partition coefficient (Wildman–Crippen LogP) is 1.52. The van der Waals surface area contributed by atoms with Crippen LogP contribution in [-0.4, -0.2) is 30.1 Å². The summed E-state index contributed by atoms with van der Waals surface area (Å²) in [5, 5.41) is 8.86. The number of ether oxygens (including phenoxy) is 1. The molecular weight excluding hydrogens is 222 g/mol. The van der Waals surface area contributed by atoms with Crippen LogP contribution in [0.3, 0.4) is 0 Å². The lowest BCUT2D eigenvalue weighted by Crippen LogP contribution is -2.37. The average Bonchev–Trinajstić information content (AvgIpc) is 2.32. The molecule has 0 saturated heterocycles. The molecule has 5 heteroatoms. The highest BCUT2D eigenvalue weighted by Gasteiger charge is 2.20. The molecule has 0 radical (unpaired) electrons. The maximum Gasteiger partial charge on any atom is 0.326 e. The van der Waals surface area contributed by atoms with Gasteiger partial charge in [-0.2, -0.15) is 0 Å². The molecule has 0 aliphatic heterocycles. The van der Waals surface area contributed by atoms with E-state index < -0.39 is 12.0 Å². The van der Waals surface area contributed by atoms with Crippen LogP contribution >= 0.6 is 0 Å². The number of carbonyl (C=O) groups is 2. The highest BCUT2D eigenvalue weighted by molar-refractivity contribution is 5.87. The van der Waals surface area contributed by atoms with E-state index in [-0.39, 0.29) is 0 Å². The number of hydrogen-bond donors (Lipinski definition) is 1. The second-order valence-electron chi connectivity index (χ2n) is 3.45. The Bertz CT molecular complexity index is 388. The second-order valence-corrected chi connectivity index (χ2v) is 3.45. The van der Waals surface area contributed by atoms with Gasteiger partial charge in [-0.05, 0) is 38.1 Å². The van der Waals surface area contributed by atoms with E-state index >= 15 is 0 Å². The molecule has 0 spiro atoms. The Morgan fingerprint density at radius 3 is 2.47 bits per heavy atom. The summed E-state index contributed by atoms with van der Waals surface area (Å²) in [6.07, 6.45) is 0.508. The van der Waals surface area contributed by atoms with Gasteiger partial charge in [0.05, 0.1) is 6.61 Å². The van der Waals surface area contributed by atoms with Gasteiger partial charge in [0.15, 0.2) is 0 Å². The average molecular weight is 237 g/mol. The van der Waals surface area contributed by atoms with E-state index in [2.05, 4.69) is 0 Å². The number of nitrogens with zero attached hydrogens (tertiary/aromatic N) is 1. The largest absolute Gasteiger partial charge is 0.494 e. The first-order valence-electron chi connectivity index (χ1n) is 5.29. The Hall–Kier alpha value is -2.04. The van der Waals surface area contributed by atoms with Crippen LogP contribution < -0.4 is 9.64 Å². The monoisotopic (exact) mass is 237 g/mol. The molecule has 0 saturated carbocycles. The summed E-state index contributed by atoms with van der Waals surface area (Å²) >= 11 is 0. The Morgan fingerprint density at radius 2 is 2.06 bits per heavy atom. The first kappa shape index (κ1) is 13.0. The van der Waals surface area contributed by atoms with Gasteiger partial charge in [-0.3, -0.25) is 4.79 Å². The molecule has 1 rings (SSSR count). The number of aliphatic carboxylic acids is 1. The van der Waals surface area contributed by atoms with E-state index in [0.29, 0.717) is 24.5 Å². The fourth-order valence-corrected chi connectivity index (χ4v) is 1.38. The highest BCUT2D eigenvalue weighted by atomic mass is 16.5. The number of hydrogen-bond acceptors (Lipinski definition) is 3. The maximum absolute atomic E-state index is 10.9. The molecular formula is C12H15NO4. The lowest BCUT2D eigenvalue weighted by atomic mass is 10.2. The molecule has 1 N–H and O–H groups in total. The molecule has 92 valence electrons. The SMILES string of the molecule is CCOc1ccc(N(C=O)C(C)C(=O)O)cc1. The van der Waals surface area contributed by atoms with Gasteiger partial charge in [0.25, 0.3) is 0 Å². The van der Waals surface area contributed by atoms with Crippen LogP contribution in [0.5, 0.6) is 5.75 Å². The van der Waals surface area contributed by atoms with Crippen molar-refractivity contribution in [2.75, 3.05) is 11.5 Å². The molecule has 1 amide bonds. The van der Waals surface area contributed by atoms with Crippen LogP contribution in [0.15, 0.2) is 24.3 Å². The molecule has 0 aromatic heterocycles. The maximum atomic E-state index is 10.9. The van der Waals surface area contributed by atoms with Crippen molar-refractivity contribution in [2.45, 2.75) is 19.9 Å². The molecule has 1 aromatic rings. The fraction of sp³-hybridized carbons (Fsp3) is 0.333. The Kier molecular flexibility index (Phi) is 4.51. The number of rotatable bonds is 6. The number of carbonyl (C=O) groups excluding carboxylic acids is 1. The van der Waals surface area contributed by atoms with Crippen molar-refractivity contribution in [3.05, 3.63) is 24.3 Å². The molecule has 1 atom stereocenters. The number of carboxylic acid groups (broad SMARTS) is 1. The van der Waals surface area contributed by atoms with E-state index in [9.17, 15) is 9.59 Å². The van der Waals surface area contributed by atoms with Crippen molar-refractivity contribution in [3.8, 4) is 5.75 Å². The van der Waals surface area contributed by atoms with E-state index in [4.69, 9.17) is 9.84 Å². The van der Waals surface area contributed by atoms with Gasteiger partial charge >= 0.3 is 5.97 Å². The number of amides is 1. The van der Waals surface area contributed by atoms with Gasteiger partial charge in [0.2, 0.25) is 6.41 Å². The van der Waals surface area contributed by atoms with Gasteiger partial charge in [-0.15, -0.1) is 0 Å². The van der Waals surface area contributed by atoms with Gasteiger partial charge in [-0.25, -0.2) is 4.79 Å². The minimum Gasteiger partial charge on any atom is -0.494 e. The minimum absolute atomic E-state index is 0.508. The molecule has 1 unspecified atom stereocenters. The molecule has 1 aromatic carbocycles. The van der Waals surface area contributed by atoms with E-state index in [1.54, 1.807) is 24.3 Å². The third-order valence-electron chi connectivity index (χ3n) is 2.33. The summed E-state index contributed by atoms with van der Waals surface area (Å²) in [4.78, 5) is 22.9. The summed E-state index contributed by atoms with van der Waals surface area (Å²) in [5.74, 6) is -0.365. The van der Waals surface area contributed by atoms with Crippen molar-refractivity contribution in [3.63, 3.8) is 0 Å². The third kappa shape index (κ3) is 3.21. The van der Waals surface area contributed by atoms with Crippen molar-refractivity contribution in [1.29, 1.82) is 0 Å². The minimum atomic E-state index is -1.05. The third-order valence-corrected chi connectivity index (χ3v) is 2.33. The fourth-order valence-electron chi connectivity index (χ4n) is 1.38. The topological polar surface area (TPSA) is 66.8 Å². The summed E-state index contributed by atoms with van der Waals surface area (Å²) in [6.45, 7) is 3.88. The van der Waals surface area contributed by atoms with Gasteiger partial charge in [-0.1, -0.05) is 0 Å². The lowest BCUT2D eigenvalue weighted by molar-refractivity contribution is -0.138. The van der Waals surface area contributed by atoms with Crippen LogP contribution in [0.4, 0.5) is 5.69 Å². The zero-order chi connectivity index (χ0) is 12.8. The summed E-state index contributed by atoms with van der Waals surface area (Å²) < 4.78 is 5.26. The van der Waals surface area contributed by atoms with Crippen LogP contribution in [0, 0.1) is 0 Å². The predicted molar refractivity (Wildman–Crippen MR) is 63.3 cm³/mol. The van der Waals surface area contributed by atoms with Crippen molar-refractivity contribution >= 4 is 18.1 Å². The highest BCUT2D eigenvalue weighted by Crippen LogP contribution is 2.20. The van der Waals surface area contributed by atoms with E-state index in [0.717, 1.165) is 4.90 Å². The van der Waals surface area contributed by atoms with Crippen LogP contribution in [0.1, 0.15) is 13.8 Å². The Labute approximate surface area is 99.6 Å². The standard InChI is InChI=1S/C12H15NO4/c1-3-17-11-6-4-10(5-7-11)13(8-14)9(2)12(15)16/h4-9H,3H2,1-2H3,(H,15,16). The molecule has 0 heterocycles. The summed E-state index contributed by atoms with van der Waals surface area (Å²) in [7, 11) is 0. The summed E-state index contributed by atoms with van der Waals surface area (Å²) in [6, 6.07) is 5.80.